The number of ketones is 1. The van der Waals surface area contributed by atoms with Crippen LogP contribution in [0.25, 0.3) is 0 Å². The molecule has 1 aromatic rings. The maximum atomic E-state index is 12.2. The number of carbonyl (C=O) groups is 2. The Morgan fingerprint density at radius 2 is 2.20 bits per heavy atom. The molecule has 0 bridgehead atoms. The number of amides is 1. The number of piperidine rings is 1. The molecule has 2 rings (SSSR count). The number of hydrogen-bond acceptors (Lipinski definition) is 3. The summed E-state index contributed by atoms with van der Waals surface area (Å²) in [7, 11) is 1.60. The SMILES string of the molecule is COc1ccc(C(C)=O)cc1CN1CCCC(C)C1=O. The number of rotatable bonds is 4. The van der Waals surface area contributed by atoms with Gasteiger partial charge in [-0.1, -0.05) is 6.92 Å². The summed E-state index contributed by atoms with van der Waals surface area (Å²) in [4.78, 5) is 25.5. The number of hydrogen-bond donors (Lipinski definition) is 0. The fourth-order valence-corrected chi connectivity index (χ4v) is 2.62. The molecule has 0 aromatic heterocycles. The van der Waals surface area contributed by atoms with Gasteiger partial charge in [0.2, 0.25) is 5.91 Å². The normalized spacial score (nSPS) is 19.1. The van der Waals surface area contributed by atoms with Crippen molar-refractivity contribution in [2.24, 2.45) is 5.92 Å². The molecule has 1 aliphatic rings. The molecule has 1 aliphatic heterocycles. The van der Waals surface area contributed by atoms with Crippen LogP contribution in [0.1, 0.15) is 42.6 Å². The van der Waals surface area contributed by atoms with E-state index in [0.717, 1.165) is 30.7 Å². The number of nitrogens with zero attached hydrogens (tertiary/aromatic N) is 1. The second kappa shape index (κ2) is 6.07. The van der Waals surface area contributed by atoms with E-state index in [2.05, 4.69) is 0 Å². The minimum absolute atomic E-state index is 0.0206. The number of methoxy groups -OCH3 is 1. The van der Waals surface area contributed by atoms with E-state index in [1.807, 2.05) is 17.9 Å². The van der Waals surface area contributed by atoms with Gasteiger partial charge in [0.05, 0.1) is 7.11 Å². The van der Waals surface area contributed by atoms with Crippen LogP contribution in [-0.4, -0.2) is 30.2 Å². The molecule has 4 heteroatoms. The molecule has 1 heterocycles. The van der Waals surface area contributed by atoms with Gasteiger partial charge in [-0.2, -0.15) is 0 Å². The van der Waals surface area contributed by atoms with Gasteiger partial charge in [-0.15, -0.1) is 0 Å². The van der Waals surface area contributed by atoms with Crippen molar-refractivity contribution in [3.05, 3.63) is 29.3 Å². The lowest BCUT2D eigenvalue weighted by Gasteiger charge is -2.31. The molecule has 0 aliphatic carbocycles. The van der Waals surface area contributed by atoms with Gasteiger partial charge in [0, 0.05) is 30.1 Å². The lowest BCUT2D eigenvalue weighted by Crippen LogP contribution is -2.39. The van der Waals surface area contributed by atoms with Gasteiger partial charge in [0.25, 0.3) is 0 Å². The number of ether oxygens (including phenoxy) is 1. The Morgan fingerprint density at radius 3 is 2.85 bits per heavy atom. The molecule has 1 fully saturated rings. The molecule has 20 heavy (non-hydrogen) atoms. The Bertz CT molecular complexity index is 524. The Morgan fingerprint density at radius 1 is 1.45 bits per heavy atom. The molecule has 1 saturated heterocycles. The van der Waals surface area contributed by atoms with Gasteiger partial charge in [-0.25, -0.2) is 0 Å². The fraction of sp³-hybridized carbons (Fsp3) is 0.500. The van der Waals surface area contributed by atoms with Crippen LogP contribution in [0.5, 0.6) is 5.75 Å². The number of benzene rings is 1. The third-order valence-electron chi connectivity index (χ3n) is 3.85. The zero-order chi connectivity index (χ0) is 14.7. The van der Waals surface area contributed by atoms with Crippen LogP contribution >= 0.6 is 0 Å². The minimum atomic E-state index is 0.0206. The molecule has 1 amide bonds. The van der Waals surface area contributed by atoms with Gasteiger partial charge in [-0.3, -0.25) is 9.59 Å². The Kier molecular flexibility index (Phi) is 4.42. The molecule has 4 nitrogen and oxygen atoms in total. The molecule has 108 valence electrons. The molecule has 1 atom stereocenters. The van der Waals surface area contributed by atoms with Gasteiger partial charge in [0.15, 0.2) is 5.78 Å². The van der Waals surface area contributed by atoms with E-state index in [1.54, 1.807) is 26.2 Å². The van der Waals surface area contributed by atoms with Crippen molar-refractivity contribution in [3.63, 3.8) is 0 Å². The number of Topliss-reactive ketones (excluding diaryl/α,β-unsaturated/α-hetero) is 1. The van der Waals surface area contributed by atoms with Gasteiger partial charge < -0.3 is 9.64 Å². The molecule has 1 unspecified atom stereocenters. The van der Waals surface area contributed by atoms with E-state index in [0.29, 0.717) is 12.1 Å². The fourth-order valence-electron chi connectivity index (χ4n) is 2.62. The van der Waals surface area contributed by atoms with E-state index in [9.17, 15) is 9.59 Å². The Balaban J connectivity index is 2.24. The number of likely N-dealkylation sites (tertiary alicyclic amines) is 1. The minimum Gasteiger partial charge on any atom is -0.496 e. The predicted octanol–water partition coefficient (Wildman–Crippen LogP) is 2.66. The first kappa shape index (κ1) is 14.6. The molecule has 0 spiro atoms. The highest BCUT2D eigenvalue weighted by Crippen LogP contribution is 2.25. The van der Waals surface area contributed by atoms with Gasteiger partial charge >= 0.3 is 0 Å². The molecule has 0 saturated carbocycles. The van der Waals surface area contributed by atoms with Crippen molar-refractivity contribution in [3.8, 4) is 5.75 Å². The lowest BCUT2D eigenvalue weighted by molar-refractivity contribution is -0.138. The maximum absolute atomic E-state index is 12.2. The van der Waals surface area contributed by atoms with Crippen molar-refractivity contribution in [1.29, 1.82) is 0 Å². The highest BCUT2D eigenvalue weighted by atomic mass is 16.5. The molecule has 0 radical (unpaired) electrons. The largest absolute Gasteiger partial charge is 0.496 e. The monoisotopic (exact) mass is 275 g/mol. The van der Waals surface area contributed by atoms with Crippen molar-refractivity contribution in [2.45, 2.75) is 33.2 Å². The van der Waals surface area contributed by atoms with E-state index in [1.165, 1.54) is 0 Å². The topological polar surface area (TPSA) is 46.6 Å². The van der Waals surface area contributed by atoms with Gasteiger partial charge in [0.1, 0.15) is 5.75 Å². The van der Waals surface area contributed by atoms with Crippen LogP contribution < -0.4 is 4.74 Å². The van der Waals surface area contributed by atoms with Gasteiger partial charge in [-0.05, 0) is 38.0 Å². The van der Waals surface area contributed by atoms with Crippen molar-refractivity contribution < 1.29 is 14.3 Å². The van der Waals surface area contributed by atoms with E-state index in [4.69, 9.17) is 4.74 Å². The highest BCUT2D eigenvalue weighted by molar-refractivity contribution is 5.94. The van der Waals surface area contributed by atoms with Crippen molar-refractivity contribution in [2.75, 3.05) is 13.7 Å². The average Bonchev–Trinajstić information content (AvgIpc) is 2.43. The summed E-state index contributed by atoms with van der Waals surface area (Å²) in [5.74, 6) is 1.02. The average molecular weight is 275 g/mol. The Labute approximate surface area is 119 Å². The van der Waals surface area contributed by atoms with Crippen LogP contribution in [-0.2, 0) is 11.3 Å². The molecule has 0 N–H and O–H groups in total. The summed E-state index contributed by atoms with van der Waals surface area (Å²) in [6.07, 6.45) is 1.99. The quantitative estimate of drug-likeness (QED) is 0.794. The maximum Gasteiger partial charge on any atom is 0.225 e. The summed E-state index contributed by atoms with van der Waals surface area (Å²) in [6.45, 7) is 4.79. The third-order valence-corrected chi connectivity index (χ3v) is 3.85. The summed E-state index contributed by atoms with van der Waals surface area (Å²) >= 11 is 0. The van der Waals surface area contributed by atoms with Crippen LogP contribution in [0.15, 0.2) is 18.2 Å². The van der Waals surface area contributed by atoms with Crippen LogP contribution in [0.3, 0.4) is 0 Å². The number of carbonyl (C=O) groups excluding carboxylic acids is 2. The van der Waals surface area contributed by atoms with Crippen LogP contribution in [0.2, 0.25) is 0 Å². The van der Waals surface area contributed by atoms with E-state index >= 15 is 0 Å². The lowest BCUT2D eigenvalue weighted by atomic mass is 9.98. The van der Waals surface area contributed by atoms with Crippen molar-refractivity contribution in [1.82, 2.24) is 4.90 Å². The van der Waals surface area contributed by atoms with Crippen molar-refractivity contribution >= 4 is 11.7 Å². The van der Waals surface area contributed by atoms with Crippen LogP contribution in [0.4, 0.5) is 0 Å². The first-order chi connectivity index (χ1) is 9.52. The highest BCUT2D eigenvalue weighted by Gasteiger charge is 2.25. The molecular weight excluding hydrogens is 254 g/mol. The smallest absolute Gasteiger partial charge is 0.225 e. The summed E-state index contributed by atoms with van der Waals surface area (Å²) in [5.41, 5.74) is 1.54. The predicted molar refractivity (Wildman–Crippen MR) is 76.8 cm³/mol. The first-order valence-corrected chi connectivity index (χ1v) is 6.99. The second-order valence-corrected chi connectivity index (χ2v) is 5.39. The molecule has 1 aromatic carbocycles. The van der Waals surface area contributed by atoms with Crippen LogP contribution in [0, 0.1) is 5.92 Å². The molecular formula is C16H21NO3. The zero-order valence-corrected chi connectivity index (χ0v) is 12.3. The zero-order valence-electron chi connectivity index (χ0n) is 12.3. The first-order valence-electron chi connectivity index (χ1n) is 6.99. The van der Waals surface area contributed by atoms with E-state index < -0.39 is 0 Å². The summed E-state index contributed by atoms with van der Waals surface area (Å²) in [6, 6.07) is 5.38. The van der Waals surface area contributed by atoms with E-state index in [-0.39, 0.29) is 17.6 Å². The Hall–Kier alpha value is -1.84. The summed E-state index contributed by atoms with van der Waals surface area (Å²) < 4.78 is 5.33. The third kappa shape index (κ3) is 3.00. The standard InChI is InChI=1S/C16H21NO3/c1-11-5-4-8-17(16(11)19)10-14-9-13(12(2)18)6-7-15(14)20-3/h6-7,9,11H,4-5,8,10H2,1-3H3. The summed E-state index contributed by atoms with van der Waals surface area (Å²) in [5, 5.41) is 0. The second-order valence-electron chi connectivity index (χ2n) is 5.39.